The van der Waals surface area contributed by atoms with Crippen LogP contribution in [0.15, 0.2) is 66.7 Å². The van der Waals surface area contributed by atoms with Crippen molar-refractivity contribution in [3.63, 3.8) is 0 Å². The molecule has 4 rings (SSSR count). The third-order valence-corrected chi connectivity index (χ3v) is 5.29. The van der Waals surface area contributed by atoms with Crippen LogP contribution in [0.3, 0.4) is 0 Å². The van der Waals surface area contributed by atoms with Gasteiger partial charge in [0.15, 0.2) is 0 Å². The van der Waals surface area contributed by atoms with E-state index < -0.39 is 0 Å². The predicted molar refractivity (Wildman–Crippen MR) is 109 cm³/mol. The largest absolute Gasteiger partial charge is 0.488 e. The van der Waals surface area contributed by atoms with Crippen LogP contribution < -0.4 is 4.74 Å². The lowest BCUT2D eigenvalue weighted by atomic mass is 9.99. The molecule has 27 heavy (non-hydrogen) atoms. The van der Waals surface area contributed by atoms with E-state index in [-0.39, 0.29) is 5.91 Å². The number of carbonyl (C=O) groups excluding carboxylic acids is 1. The molecule has 0 spiro atoms. The summed E-state index contributed by atoms with van der Waals surface area (Å²) in [5.74, 6) is 1.62. The van der Waals surface area contributed by atoms with Gasteiger partial charge >= 0.3 is 0 Å². The van der Waals surface area contributed by atoms with Crippen LogP contribution in [-0.2, 0) is 6.61 Å². The number of piperidine rings is 1. The lowest BCUT2D eigenvalue weighted by Gasteiger charge is -2.31. The topological polar surface area (TPSA) is 29.5 Å². The number of fused-ring (bicyclic) bond motifs is 1. The van der Waals surface area contributed by atoms with Crippen LogP contribution >= 0.6 is 0 Å². The van der Waals surface area contributed by atoms with Crippen molar-refractivity contribution >= 4 is 16.7 Å². The lowest BCUT2D eigenvalue weighted by Crippen LogP contribution is -2.39. The highest BCUT2D eigenvalue weighted by molar-refractivity contribution is 5.94. The first kappa shape index (κ1) is 17.6. The molecule has 138 valence electrons. The second-order valence-corrected chi connectivity index (χ2v) is 7.46. The molecule has 1 saturated heterocycles. The third-order valence-electron chi connectivity index (χ3n) is 5.29. The van der Waals surface area contributed by atoms with Crippen LogP contribution in [0.1, 0.15) is 35.7 Å². The molecular weight excluding hydrogens is 334 g/mol. The molecule has 0 bridgehead atoms. The Hall–Kier alpha value is -2.81. The van der Waals surface area contributed by atoms with Crippen molar-refractivity contribution in [1.29, 1.82) is 0 Å². The van der Waals surface area contributed by atoms with Gasteiger partial charge in [-0.2, -0.15) is 0 Å². The summed E-state index contributed by atoms with van der Waals surface area (Å²) in [4.78, 5) is 14.7. The monoisotopic (exact) mass is 359 g/mol. The zero-order chi connectivity index (χ0) is 18.6. The Kier molecular flexibility index (Phi) is 5.10. The maximum absolute atomic E-state index is 12.7. The van der Waals surface area contributed by atoms with Crippen LogP contribution in [0.4, 0.5) is 0 Å². The zero-order valence-electron chi connectivity index (χ0n) is 15.7. The summed E-state index contributed by atoms with van der Waals surface area (Å²) in [5, 5.41) is 2.29. The number of amides is 1. The number of hydrogen-bond acceptors (Lipinski definition) is 2. The molecule has 3 aromatic carbocycles. The summed E-state index contributed by atoms with van der Waals surface area (Å²) in [6, 6.07) is 22.1. The van der Waals surface area contributed by atoms with Crippen LogP contribution in [0.5, 0.6) is 5.75 Å². The first-order valence-corrected chi connectivity index (χ1v) is 9.69. The number of likely N-dealkylation sites (tertiary alicyclic amines) is 1. The van der Waals surface area contributed by atoms with Crippen molar-refractivity contribution in [1.82, 2.24) is 4.90 Å². The van der Waals surface area contributed by atoms with Gasteiger partial charge < -0.3 is 9.64 Å². The summed E-state index contributed by atoms with van der Waals surface area (Å²) in [6.45, 7) is 4.44. The Morgan fingerprint density at radius 3 is 2.63 bits per heavy atom. The van der Waals surface area contributed by atoms with Gasteiger partial charge in [0.2, 0.25) is 0 Å². The van der Waals surface area contributed by atoms with Crippen molar-refractivity contribution in [3.8, 4) is 5.75 Å². The van der Waals surface area contributed by atoms with Gasteiger partial charge in [-0.3, -0.25) is 4.79 Å². The van der Waals surface area contributed by atoms with E-state index in [0.29, 0.717) is 12.5 Å². The highest BCUT2D eigenvalue weighted by Gasteiger charge is 2.21. The van der Waals surface area contributed by atoms with Gasteiger partial charge in [-0.1, -0.05) is 55.5 Å². The molecule has 0 N–H and O–H groups in total. The van der Waals surface area contributed by atoms with Crippen LogP contribution in [0, 0.1) is 5.92 Å². The van der Waals surface area contributed by atoms with Gasteiger partial charge in [-0.15, -0.1) is 0 Å². The standard InChI is InChI=1S/C24H25NO2/c1-18-6-5-15-25(16-18)24(26)21-13-11-19(12-14-21)17-27-23-10-4-8-20-7-2-3-9-22(20)23/h2-4,7-14,18H,5-6,15-17H2,1H3/t18-/m0/s1. The summed E-state index contributed by atoms with van der Waals surface area (Å²) >= 11 is 0. The van der Waals surface area contributed by atoms with Crippen molar-refractivity contribution in [2.45, 2.75) is 26.4 Å². The van der Waals surface area contributed by atoms with E-state index in [1.54, 1.807) is 0 Å². The first-order valence-electron chi connectivity index (χ1n) is 9.69. The summed E-state index contributed by atoms with van der Waals surface area (Å²) in [7, 11) is 0. The number of hydrogen-bond donors (Lipinski definition) is 0. The van der Waals surface area contributed by atoms with Crippen molar-refractivity contribution in [2.75, 3.05) is 13.1 Å². The van der Waals surface area contributed by atoms with Crippen LogP contribution in [-0.4, -0.2) is 23.9 Å². The third kappa shape index (κ3) is 3.97. The zero-order valence-corrected chi connectivity index (χ0v) is 15.7. The Morgan fingerprint density at radius 1 is 1.04 bits per heavy atom. The number of nitrogens with zero attached hydrogens (tertiary/aromatic N) is 1. The number of ether oxygens (including phenoxy) is 1. The molecule has 1 atom stereocenters. The van der Waals surface area contributed by atoms with Gasteiger partial charge in [-0.25, -0.2) is 0 Å². The molecule has 1 aliphatic rings. The fourth-order valence-electron chi connectivity index (χ4n) is 3.78. The quantitative estimate of drug-likeness (QED) is 0.633. The summed E-state index contributed by atoms with van der Waals surface area (Å²) in [5.41, 5.74) is 1.82. The SMILES string of the molecule is C[C@H]1CCCN(C(=O)c2ccc(COc3cccc4ccccc34)cc2)C1. The molecule has 0 unspecified atom stereocenters. The summed E-state index contributed by atoms with van der Waals surface area (Å²) in [6.07, 6.45) is 2.32. The van der Waals surface area contributed by atoms with E-state index >= 15 is 0 Å². The van der Waals surface area contributed by atoms with Gasteiger partial charge in [0.05, 0.1) is 0 Å². The van der Waals surface area contributed by atoms with Gasteiger partial charge in [0.1, 0.15) is 12.4 Å². The van der Waals surface area contributed by atoms with Crippen LogP contribution in [0.2, 0.25) is 0 Å². The predicted octanol–water partition coefficient (Wildman–Crippen LogP) is 5.29. The Labute approximate surface area is 160 Å². The van der Waals surface area contributed by atoms with Gasteiger partial charge in [0.25, 0.3) is 5.91 Å². The molecule has 3 aromatic rings. The van der Waals surface area contributed by atoms with Gasteiger partial charge in [-0.05, 0) is 47.9 Å². The maximum atomic E-state index is 12.7. The minimum Gasteiger partial charge on any atom is -0.488 e. The highest BCUT2D eigenvalue weighted by Crippen LogP contribution is 2.26. The first-order chi connectivity index (χ1) is 13.2. The van der Waals surface area contributed by atoms with Crippen molar-refractivity contribution < 1.29 is 9.53 Å². The highest BCUT2D eigenvalue weighted by atomic mass is 16.5. The smallest absolute Gasteiger partial charge is 0.253 e. The number of benzene rings is 3. The van der Waals surface area contributed by atoms with Crippen molar-refractivity contribution in [3.05, 3.63) is 77.9 Å². The molecule has 3 nitrogen and oxygen atoms in total. The molecule has 0 aromatic heterocycles. The molecule has 1 aliphatic heterocycles. The molecular formula is C24H25NO2. The normalized spacial score (nSPS) is 17.1. The molecule has 1 heterocycles. The fourth-order valence-corrected chi connectivity index (χ4v) is 3.78. The van der Waals surface area contributed by atoms with E-state index in [1.807, 2.05) is 53.4 Å². The Morgan fingerprint density at radius 2 is 1.81 bits per heavy atom. The average molecular weight is 359 g/mol. The fraction of sp³-hybridized carbons (Fsp3) is 0.292. The molecule has 0 aliphatic carbocycles. The Bertz CT molecular complexity index is 927. The number of carbonyl (C=O) groups is 1. The number of rotatable bonds is 4. The second-order valence-electron chi connectivity index (χ2n) is 7.46. The molecule has 1 amide bonds. The average Bonchev–Trinajstić information content (AvgIpc) is 2.72. The maximum Gasteiger partial charge on any atom is 0.253 e. The van der Waals surface area contributed by atoms with E-state index in [4.69, 9.17) is 4.74 Å². The Balaban J connectivity index is 1.42. The minimum absolute atomic E-state index is 0.142. The molecule has 0 saturated carbocycles. The second kappa shape index (κ2) is 7.83. The lowest BCUT2D eigenvalue weighted by molar-refractivity contribution is 0.0683. The van der Waals surface area contributed by atoms with Crippen molar-refractivity contribution in [2.24, 2.45) is 5.92 Å². The summed E-state index contributed by atoms with van der Waals surface area (Å²) < 4.78 is 6.04. The van der Waals surface area contributed by atoms with E-state index in [9.17, 15) is 4.79 Å². The van der Waals surface area contributed by atoms with Crippen LogP contribution in [0.25, 0.3) is 10.8 Å². The van der Waals surface area contributed by atoms with E-state index in [1.165, 1.54) is 11.8 Å². The van der Waals surface area contributed by atoms with E-state index in [0.717, 1.165) is 41.8 Å². The van der Waals surface area contributed by atoms with E-state index in [2.05, 4.69) is 25.1 Å². The molecule has 0 radical (unpaired) electrons. The minimum atomic E-state index is 0.142. The molecule has 1 fully saturated rings. The van der Waals surface area contributed by atoms with Gasteiger partial charge in [0, 0.05) is 24.0 Å². The molecule has 3 heteroatoms.